The molecule has 158 valence electrons. The molecule has 30 heavy (non-hydrogen) atoms. The van der Waals surface area contributed by atoms with E-state index in [2.05, 4.69) is 0 Å². The number of aryl methyl sites for hydroxylation is 1. The Kier molecular flexibility index (Phi) is 5.81. The first-order valence-electron chi connectivity index (χ1n) is 10.5. The van der Waals surface area contributed by atoms with Crippen LogP contribution in [-0.4, -0.2) is 52.5 Å². The van der Waals surface area contributed by atoms with E-state index < -0.39 is 0 Å². The minimum absolute atomic E-state index is 0.00460. The number of hydrogen-bond donors (Lipinski definition) is 0. The van der Waals surface area contributed by atoms with Crippen molar-refractivity contribution in [3.05, 3.63) is 53.0 Å². The van der Waals surface area contributed by atoms with Gasteiger partial charge in [0.1, 0.15) is 18.2 Å². The average Bonchev–Trinajstić information content (AvgIpc) is 3.33. The highest BCUT2D eigenvalue weighted by molar-refractivity contribution is 6.00. The molecule has 2 aliphatic rings. The van der Waals surface area contributed by atoms with E-state index in [0.717, 1.165) is 34.9 Å². The molecule has 3 heterocycles. The van der Waals surface area contributed by atoms with Gasteiger partial charge in [-0.3, -0.25) is 14.5 Å². The zero-order valence-electron chi connectivity index (χ0n) is 17.8. The van der Waals surface area contributed by atoms with E-state index in [4.69, 9.17) is 14.7 Å². The first kappa shape index (κ1) is 20.5. The minimum atomic E-state index is 0.00460. The first-order valence-corrected chi connectivity index (χ1v) is 10.5. The maximum Gasteiger partial charge on any atom is 0.248 e. The van der Waals surface area contributed by atoms with E-state index in [1.54, 1.807) is 4.90 Å². The molecule has 1 fully saturated rings. The topological polar surface area (TPSA) is 75.6 Å². The summed E-state index contributed by atoms with van der Waals surface area (Å²) < 4.78 is 5.45. The van der Waals surface area contributed by atoms with Crippen LogP contribution >= 0.6 is 0 Å². The first-order chi connectivity index (χ1) is 14.4. The van der Waals surface area contributed by atoms with Gasteiger partial charge in [0, 0.05) is 30.3 Å². The van der Waals surface area contributed by atoms with Crippen LogP contribution < -0.4 is 4.90 Å². The lowest BCUT2D eigenvalue weighted by Gasteiger charge is -2.19. The van der Waals surface area contributed by atoms with Crippen LogP contribution in [0.5, 0.6) is 0 Å². The lowest BCUT2D eigenvalue weighted by Crippen LogP contribution is -2.32. The number of fused-ring (bicyclic) bond motifs is 1. The Morgan fingerprint density at radius 1 is 1.23 bits per heavy atom. The van der Waals surface area contributed by atoms with E-state index in [0.29, 0.717) is 26.1 Å². The van der Waals surface area contributed by atoms with Crippen molar-refractivity contribution in [3.63, 3.8) is 0 Å². The normalized spacial score (nSPS) is 18.4. The third-order valence-corrected chi connectivity index (χ3v) is 5.72. The molecule has 2 aromatic rings. The number of carbonyl (C=O) groups is 2. The number of ether oxygens (including phenoxy) is 1. The molecule has 0 N–H and O–H groups in total. The molecular formula is C23H28N4O3. The van der Waals surface area contributed by atoms with Crippen LogP contribution in [0.25, 0.3) is 0 Å². The predicted octanol–water partition coefficient (Wildman–Crippen LogP) is 2.62. The van der Waals surface area contributed by atoms with E-state index in [1.807, 2.05) is 56.0 Å². The quantitative estimate of drug-likeness (QED) is 0.734. The van der Waals surface area contributed by atoms with Crippen LogP contribution in [0.1, 0.15) is 48.8 Å². The van der Waals surface area contributed by atoms with Gasteiger partial charge >= 0.3 is 0 Å². The molecule has 0 bridgehead atoms. The number of anilines is 1. The van der Waals surface area contributed by atoms with Crippen molar-refractivity contribution in [1.29, 1.82) is 0 Å². The average molecular weight is 409 g/mol. The number of rotatable bonds is 6. The van der Waals surface area contributed by atoms with Crippen molar-refractivity contribution in [2.24, 2.45) is 0 Å². The van der Waals surface area contributed by atoms with Gasteiger partial charge in [-0.2, -0.15) is 0 Å². The zero-order valence-corrected chi connectivity index (χ0v) is 17.8. The SMILES string of the molecule is Cc1nc([C@H]2CCN(C(=O)COC(C)C)C2)nc2c1CC(=O)N2Cc1ccccc1. The number of amides is 2. The fourth-order valence-corrected chi connectivity index (χ4v) is 4.04. The number of likely N-dealkylation sites (tertiary alicyclic amines) is 1. The van der Waals surface area contributed by atoms with Gasteiger partial charge in [0.15, 0.2) is 0 Å². The smallest absolute Gasteiger partial charge is 0.248 e. The lowest BCUT2D eigenvalue weighted by atomic mass is 10.1. The van der Waals surface area contributed by atoms with Crippen molar-refractivity contribution in [2.75, 3.05) is 24.6 Å². The second-order valence-electron chi connectivity index (χ2n) is 8.30. The molecular weight excluding hydrogens is 380 g/mol. The summed E-state index contributed by atoms with van der Waals surface area (Å²) in [5, 5.41) is 0. The highest BCUT2D eigenvalue weighted by atomic mass is 16.5. The van der Waals surface area contributed by atoms with Gasteiger partial charge in [-0.05, 0) is 32.8 Å². The van der Waals surface area contributed by atoms with E-state index in [1.165, 1.54) is 0 Å². The van der Waals surface area contributed by atoms with Gasteiger partial charge in [0.2, 0.25) is 11.8 Å². The maximum atomic E-state index is 12.7. The minimum Gasteiger partial charge on any atom is -0.369 e. The molecule has 7 heteroatoms. The summed E-state index contributed by atoms with van der Waals surface area (Å²) in [5.41, 5.74) is 2.84. The number of nitrogens with zero attached hydrogens (tertiary/aromatic N) is 4. The molecule has 2 amide bonds. The molecule has 0 spiro atoms. The van der Waals surface area contributed by atoms with Crippen LogP contribution in [0.15, 0.2) is 30.3 Å². The highest BCUT2D eigenvalue weighted by Crippen LogP contribution is 2.33. The van der Waals surface area contributed by atoms with Gasteiger partial charge in [0.25, 0.3) is 0 Å². The molecule has 7 nitrogen and oxygen atoms in total. The van der Waals surface area contributed by atoms with Crippen molar-refractivity contribution in [1.82, 2.24) is 14.9 Å². The zero-order chi connectivity index (χ0) is 21.3. The Balaban J connectivity index is 1.52. The van der Waals surface area contributed by atoms with Gasteiger partial charge < -0.3 is 9.64 Å². The standard InChI is InChI=1S/C23H28N4O3/c1-15(2)30-14-21(29)26-10-9-18(13-26)22-24-16(3)19-11-20(28)27(23(19)25-22)12-17-7-5-4-6-8-17/h4-8,15,18H,9-14H2,1-3H3/t18-/m0/s1. The van der Waals surface area contributed by atoms with Gasteiger partial charge in [0.05, 0.1) is 19.1 Å². The van der Waals surface area contributed by atoms with E-state index in [-0.39, 0.29) is 30.4 Å². The molecule has 1 aromatic heterocycles. The van der Waals surface area contributed by atoms with Crippen molar-refractivity contribution in [3.8, 4) is 0 Å². The molecule has 0 unspecified atom stereocenters. The Hall–Kier alpha value is -2.80. The summed E-state index contributed by atoms with van der Waals surface area (Å²) in [6.45, 7) is 7.66. The maximum absolute atomic E-state index is 12.7. The lowest BCUT2D eigenvalue weighted by molar-refractivity contribution is -0.136. The Labute approximate surface area is 177 Å². The Morgan fingerprint density at radius 2 is 2.00 bits per heavy atom. The van der Waals surface area contributed by atoms with Gasteiger partial charge in [-0.15, -0.1) is 0 Å². The molecule has 1 aromatic carbocycles. The second kappa shape index (κ2) is 8.52. The second-order valence-corrected chi connectivity index (χ2v) is 8.30. The summed E-state index contributed by atoms with van der Waals surface area (Å²) >= 11 is 0. The third-order valence-electron chi connectivity index (χ3n) is 5.72. The Morgan fingerprint density at radius 3 is 2.73 bits per heavy atom. The monoisotopic (exact) mass is 408 g/mol. The number of carbonyl (C=O) groups excluding carboxylic acids is 2. The van der Waals surface area contributed by atoms with Crippen LogP contribution in [0, 0.1) is 6.92 Å². The molecule has 1 atom stereocenters. The molecule has 0 aliphatic carbocycles. The van der Waals surface area contributed by atoms with E-state index >= 15 is 0 Å². The number of benzene rings is 1. The summed E-state index contributed by atoms with van der Waals surface area (Å²) in [5.74, 6) is 1.58. The molecule has 0 radical (unpaired) electrons. The summed E-state index contributed by atoms with van der Waals surface area (Å²) in [4.78, 5) is 38.2. The van der Waals surface area contributed by atoms with Crippen LogP contribution in [0.4, 0.5) is 5.82 Å². The predicted molar refractivity (Wildman–Crippen MR) is 113 cm³/mol. The number of hydrogen-bond acceptors (Lipinski definition) is 5. The summed E-state index contributed by atoms with van der Waals surface area (Å²) in [6, 6.07) is 9.94. The van der Waals surface area contributed by atoms with Crippen LogP contribution in [0.3, 0.4) is 0 Å². The molecule has 2 aliphatic heterocycles. The molecule has 4 rings (SSSR count). The summed E-state index contributed by atoms with van der Waals surface area (Å²) in [6.07, 6.45) is 1.19. The van der Waals surface area contributed by atoms with E-state index in [9.17, 15) is 9.59 Å². The third kappa shape index (κ3) is 4.21. The van der Waals surface area contributed by atoms with Gasteiger partial charge in [-0.25, -0.2) is 9.97 Å². The van der Waals surface area contributed by atoms with Crippen molar-refractivity contribution < 1.29 is 14.3 Å². The fraction of sp³-hybridized carbons (Fsp3) is 0.478. The van der Waals surface area contributed by atoms with Crippen LogP contribution in [-0.2, 0) is 27.3 Å². The number of aromatic nitrogens is 2. The van der Waals surface area contributed by atoms with Crippen LogP contribution in [0.2, 0.25) is 0 Å². The summed E-state index contributed by atoms with van der Waals surface area (Å²) in [7, 11) is 0. The fourth-order valence-electron chi connectivity index (χ4n) is 4.04. The highest BCUT2D eigenvalue weighted by Gasteiger charge is 2.34. The Bertz CT molecular complexity index is 945. The molecule has 0 saturated carbocycles. The van der Waals surface area contributed by atoms with Crippen molar-refractivity contribution >= 4 is 17.6 Å². The largest absolute Gasteiger partial charge is 0.369 e. The van der Waals surface area contributed by atoms with Gasteiger partial charge in [-0.1, -0.05) is 30.3 Å². The van der Waals surface area contributed by atoms with Crippen molar-refractivity contribution in [2.45, 2.75) is 52.2 Å². The molecule has 1 saturated heterocycles.